The van der Waals surface area contributed by atoms with Crippen molar-refractivity contribution in [2.75, 3.05) is 25.1 Å². The Kier molecular flexibility index (Phi) is 8.13. The predicted octanol–water partition coefficient (Wildman–Crippen LogP) is 5.12. The van der Waals surface area contributed by atoms with Crippen molar-refractivity contribution in [1.29, 1.82) is 0 Å². The van der Waals surface area contributed by atoms with Crippen LogP contribution in [0.25, 0.3) is 6.08 Å². The smallest absolute Gasteiger partial charge is 0.294 e. The minimum atomic E-state index is -0.626. The van der Waals surface area contributed by atoms with Gasteiger partial charge in [-0.1, -0.05) is 30.3 Å². The van der Waals surface area contributed by atoms with Crippen LogP contribution in [0.15, 0.2) is 54.0 Å². The van der Waals surface area contributed by atoms with Crippen LogP contribution in [-0.4, -0.2) is 41.7 Å². The minimum Gasteiger partial charge on any atom is -0.490 e. The molecule has 2 aromatic rings. The second kappa shape index (κ2) is 11.0. The van der Waals surface area contributed by atoms with Gasteiger partial charge in [0.15, 0.2) is 11.5 Å². The number of imide groups is 1. The van der Waals surface area contributed by atoms with Crippen molar-refractivity contribution in [3.05, 3.63) is 70.4 Å². The van der Waals surface area contributed by atoms with Crippen molar-refractivity contribution < 1.29 is 28.2 Å². The van der Waals surface area contributed by atoms with Crippen LogP contribution >= 0.6 is 23.4 Å². The molecule has 33 heavy (non-hydrogen) atoms. The van der Waals surface area contributed by atoms with Crippen molar-refractivity contribution in [2.45, 2.75) is 6.92 Å². The van der Waals surface area contributed by atoms with Crippen LogP contribution in [0.3, 0.4) is 0 Å². The molecule has 3 rings (SSSR count). The van der Waals surface area contributed by atoms with Crippen LogP contribution in [0.4, 0.5) is 14.9 Å². The summed E-state index contributed by atoms with van der Waals surface area (Å²) < 4.78 is 24.4. The van der Waals surface area contributed by atoms with Gasteiger partial charge in [0.2, 0.25) is 5.91 Å². The lowest BCUT2D eigenvalue weighted by Crippen LogP contribution is -2.36. The second-order valence-corrected chi connectivity index (χ2v) is 8.08. The molecule has 1 N–H and O–H groups in total. The molecule has 0 aliphatic carbocycles. The average molecular weight is 491 g/mol. The molecular weight excluding hydrogens is 471 g/mol. The van der Waals surface area contributed by atoms with E-state index in [2.05, 4.69) is 11.9 Å². The van der Waals surface area contributed by atoms with Crippen molar-refractivity contribution >= 4 is 52.2 Å². The van der Waals surface area contributed by atoms with E-state index in [1.807, 2.05) is 6.92 Å². The molecule has 1 aliphatic rings. The molecule has 1 aliphatic heterocycles. The van der Waals surface area contributed by atoms with E-state index in [4.69, 9.17) is 21.1 Å². The van der Waals surface area contributed by atoms with Gasteiger partial charge < -0.3 is 14.8 Å². The molecule has 0 atom stereocenters. The molecule has 1 heterocycles. The van der Waals surface area contributed by atoms with Gasteiger partial charge >= 0.3 is 0 Å². The fourth-order valence-corrected chi connectivity index (χ4v) is 3.88. The van der Waals surface area contributed by atoms with E-state index in [1.165, 1.54) is 12.1 Å². The Morgan fingerprint density at radius 2 is 2.00 bits per heavy atom. The molecule has 0 unspecified atom stereocenters. The number of thioether (sulfide) groups is 1. The van der Waals surface area contributed by atoms with E-state index in [1.54, 1.807) is 30.4 Å². The first-order valence-corrected chi connectivity index (χ1v) is 11.0. The number of amides is 3. The highest BCUT2D eigenvalue weighted by Gasteiger charge is 2.36. The molecular formula is C23H20ClFN2O5S. The van der Waals surface area contributed by atoms with Crippen molar-refractivity contribution in [1.82, 2.24) is 4.90 Å². The Balaban J connectivity index is 1.72. The van der Waals surface area contributed by atoms with E-state index >= 15 is 0 Å². The Hall–Kier alpha value is -3.30. The van der Waals surface area contributed by atoms with Crippen LogP contribution in [0.2, 0.25) is 5.02 Å². The summed E-state index contributed by atoms with van der Waals surface area (Å²) in [5.74, 6) is -0.825. The molecule has 1 saturated heterocycles. The average Bonchev–Trinajstić information content (AvgIpc) is 3.03. The molecule has 7 nitrogen and oxygen atoms in total. The van der Waals surface area contributed by atoms with Gasteiger partial charge in [-0.3, -0.25) is 19.3 Å². The van der Waals surface area contributed by atoms with Gasteiger partial charge in [0, 0.05) is 5.69 Å². The first-order valence-electron chi connectivity index (χ1n) is 9.83. The molecule has 1 fully saturated rings. The van der Waals surface area contributed by atoms with Crippen molar-refractivity contribution in [3.8, 4) is 11.5 Å². The van der Waals surface area contributed by atoms with Crippen molar-refractivity contribution in [2.24, 2.45) is 0 Å². The van der Waals surface area contributed by atoms with Gasteiger partial charge in [-0.05, 0) is 60.7 Å². The van der Waals surface area contributed by atoms with E-state index in [9.17, 15) is 18.8 Å². The van der Waals surface area contributed by atoms with Gasteiger partial charge in [0.1, 0.15) is 19.0 Å². The third kappa shape index (κ3) is 6.15. The van der Waals surface area contributed by atoms with E-state index in [0.717, 1.165) is 22.7 Å². The number of carbonyl (C=O) groups excluding carboxylic acids is 3. The SMILES string of the molecule is C=CCOc1ccc(/C=C2/SC(=O)N(CC(=O)Nc3ccc(F)c(Cl)c3)C2=O)cc1OCC. The monoisotopic (exact) mass is 490 g/mol. The van der Waals surface area contributed by atoms with Crippen LogP contribution in [0, 0.1) is 5.82 Å². The standard InChI is InChI=1S/C23H20ClFN2O5S/c1-3-9-32-18-8-5-14(10-19(18)31-4-2)11-20-22(29)27(23(30)33-20)13-21(28)26-15-6-7-17(25)16(24)12-15/h3,5-8,10-12H,1,4,9,13H2,2H3,(H,26,28)/b20-11+. The predicted molar refractivity (Wildman–Crippen MR) is 126 cm³/mol. The van der Waals surface area contributed by atoms with Crippen molar-refractivity contribution in [3.63, 3.8) is 0 Å². The van der Waals surface area contributed by atoms with Gasteiger partial charge in [-0.25, -0.2) is 4.39 Å². The fourth-order valence-electron chi connectivity index (χ4n) is 2.86. The molecule has 10 heteroatoms. The van der Waals surface area contributed by atoms with E-state index in [0.29, 0.717) is 30.3 Å². The number of benzene rings is 2. The summed E-state index contributed by atoms with van der Waals surface area (Å²) >= 11 is 6.43. The summed E-state index contributed by atoms with van der Waals surface area (Å²) in [7, 11) is 0. The van der Waals surface area contributed by atoms with Crippen LogP contribution in [0.5, 0.6) is 11.5 Å². The maximum Gasteiger partial charge on any atom is 0.294 e. The lowest BCUT2D eigenvalue weighted by molar-refractivity contribution is -0.127. The maximum absolute atomic E-state index is 13.3. The number of nitrogens with one attached hydrogen (secondary N) is 1. The zero-order chi connectivity index (χ0) is 24.0. The Labute approximate surface area is 199 Å². The molecule has 0 spiro atoms. The third-order valence-corrected chi connectivity index (χ3v) is 5.50. The van der Waals surface area contributed by atoms with Gasteiger partial charge in [-0.2, -0.15) is 0 Å². The van der Waals surface area contributed by atoms with Gasteiger partial charge in [0.05, 0.1) is 16.5 Å². The summed E-state index contributed by atoms with van der Waals surface area (Å²) in [4.78, 5) is 38.4. The zero-order valence-electron chi connectivity index (χ0n) is 17.6. The fraction of sp³-hybridized carbons (Fsp3) is 0.174. The van der Waals surface area contributed by atoms with Crippen LogP contribution in [0.1, 0.15) is 12.5 Å². The molecule has 0 radical (unpaired) electrons. The molecule has 0 bridgehead atoms. The van der Waals surface area contributed by atoms with Crippen LogP contribution in [-0.2, 0) is 9.59 Å². The molecule has 0 aromatic heterocycles. The summed E-state index contributed by atoms with van der Waals surface area (Å²) in [6.07, 6.45) is 3.16. The summed E-state index contributed by atoms with van der Waals surface area (Å²) in [5, 5.41) is 1.75. The first kappa shape index (κ1) is 24.3. The number of carbonyl (C=O) groups is 3. The number of hydrogen-bond donors (Lipinski definition) is 1. The largest absolute Gasteiger partial charge is 0.490 e. The molecule has 2 aromatic carbocycles. The first-order chi connectivity index (χ1) is 15.8. The minimum absolute atomic E-state index is 0.158. The number of halogens is 2. The number of rotatable bonds is 9. The third-order valence-electron chi connectivity index (χ3n) is 4.30. The Morgan fingerprint density at radius 1 is 1.21 bits per heavy atom. The summed E-state index contributed by atoms with van der Waals surface area (Å²) in [5.41, 5.74) is 0.872. The normalized spacial score (nSPS) is 14.5. The summed E-state index contributed by atoms with van der Waals surface area (Å²) in [6.45, 7) is 5.68. The Morgan fingerprint density at radius 3 is 2.70 bits per heavy atom. The lowest BCUT2D eigenvalue weighted by Gasteiger charge is -2.13. The highest BCUT2D eigenvalue weighted by Crippen LogP contribution is 2.34. The molecule has 3 amide bonds. The maximum atomic E-state index is 13.3. The van der Waals surface area contributed by atoms with Gasteiger partial charge in [0.25, 0.3) is 11.1 Å². The lowest BCUT2D eigenvalue weighted by atomic mass is 10.2. The van der Waals surface area contributed by atoms with E-state index < -0.39 is 29.4 Å². The quantitative estimate of drug-likeness (QED) is 0.388. The number of anilines is 1. The zero-order valence-corrected chi connectivity index (χ0v) is 19.2. The number of hydrogen-bond acceptors (Lipinski definition) is 6. The molecule has 172 valence electrons. The number of nitrogens with zero attached hydrogens (tertiary/aromatic N) is 1. The summed E-state index contributed by atoms with van der Waals surface area (Å²) in [6, 6.07) is 8.78. The topological polar surface area (TPSA) is 84.9 Å². The highest BCUT2D eigenvalue weighted by atomic mass is 35.5. The van der Waals surface area contributed by atoms with Gasteiger partial charge in [-0.15, -0.1) is 0 Å². The second-order valence-electron chi connectivity index (χ2n) is 6.68. The Bertz CT molecular complexity index is 1140. The molecule has 0 saturated carbocycles. The highest BCUT2D eigenvalue weighted by molar-refractivity contribution is 8.18. The number of ether oxygens (including phenoxy) is 2. The van der Waals surface area contributed by atoms with E-state index in [-0.39, 0.29) is 15.6 Å². The van der Waals surface area contributed by atoms with Crippen LogP contribution < -0.4 is 14.8 Å².